The largest absolute Gasteiger partial charge is 0.501 e. The van der Waals surface area contributed by atoms with E-state index in [9.17, 15) is 34.8 Å². The Balaban J connectivity index is 1.40. The Morgan fingerprint density at radius 2 is 1.72 bits per heavy atom. The van der Waals surface area contributed by atoms with Crippen LogP contribution in [0.3, 0.4) is 0 Å². The number of amidine groups is 1. The van der Waals surface area contributed by atoms with Crippen molar-refractivity contribution in [2.45, 2.75) is 47.4 Å². The van der Waals surface area contributed by atoms with Gasteiger partial charge in [-0.05, 0) is 66.6 Å². The molecular formula is C28H27F6N5O2S2. The first-order valence-electron chi connectivity index (χ1n) is 13.2. The number of nitrogens with one attached hydrogen (secondary N) is 3. The summed E-state index contributed by atoms with van der Waals surface area (Å²) in [7, 11) is -5.50. The molecule has 3 N–H and O–H groups in total. The van der Waals surface area contributed by atoms with Crippen LogP contribution >= 0.6 is 11.8 Å². The highest BCUT2D eigenvalue weighted by atomic mass is 32.2. The molecule has 0 aliphatic carbocycles. The second-order valence-corrected chi connectivity index (χ2v) is 12.9. The summed E-state index contributed by atoms with van der Waals surface area (Å²) in [6, 6.07) is 13.5. The lowest BCUT2D eigenvalue weighted by Gasteiger charge is -2.34. The number of anilines is 1. The van der Waals surface area contributed by atoms with Crippen molar-refractivity contribution in [3.63, 3.8) is 0 Å². The first kappa shape index (κ1) is 31.0. The lowest BCUT2D eigenvalue weighted by atomic mass is 10.0. The Hall–Kier alpha value is -3.43. The highest BCUT2D eigenvalue weighted by Gasteiger charge is 2.47. The van der Waals surface area contributed by atoms with Gasteiger partial charge in [0.1, 0.15) is 12.0 Å². The number of alkyl halides is 6. The number of thioether (sulfide) groups is 1. The molecule has 3 heterocycles. The third kappa shape index (κ3) is 7.04. The van der Waals surface area contributed by atoms with E-state index in [4.69, 9.17) is 4.99 Å². The normalized spacial score (nSPS) is 21.6. The molecule has 1 fully saturated rings. The quantitative estimate of drug-likeness (QED) is 0.339. The van der Waals surface area contributed by atoms with Gasteiger partial charge in [0.25, 0.3) is 9.84 Å². The predicted octanol–water partition coefficient (Wildman–Crippen LogP) is 5.89. The van der Waals surface area contributed by atoms with Crippen LogP contribution in [0.1, 0.15) is 18.4 Å². The molecule has 230 valence electrons. The Kier molecular flexibility index (Phi) is 8.86. The minimum absolute atomic E-state index is 0.280. The number of allylic oxidation sites excluding steroid dienone is 2. The van der Waals surface area contributed by atoms with Crippen molar-refractivity contribution < 1.29 is 34.8 Å². The van der Waals surface area contributed by atoms with Gasteiger partial charge in [-0.15, -0.1) is 0 Å². The highest BCUT2D eigenvalue weighted by molar-refractivity contribution is 8.13. The van der Waals surface area contributed by atoms with Gasteiger partial charge in [0.15, 0.2) is 5.17 Å². The van der Waals surface area contributed by atoms with E-state index in [1.165, 1.54) is 36.2 Å². The molecule has 0 saturated carbocycles. The van der Waals surface area contributed by atoms with E-state index in [-0.39, 0.29) is 12.6 Å². The molecule has 2 atom stereocenters. The van der Waals surface area contributed by atoms with E-state index < -0.39 is 38.2 Å². The van der Waals surface area contributed by atoms with Crippen LogP contribution in [0.5, 0.6) is 0 Å². The molecule has 3 aliphatic heterocycles. The standard InChI is InChI=1S/C28H27F6N5O2S2/c29-27(30,31)22-7-4-14-35-25(22)39-15-12-21-23(13-16-39)37-26(42-17-18-5-2-1-3-6-18)38-24(21)36-19-8-10-20(11-9-19)43(40,41)28(32,33)34/h1-11,14,23,25,35-36H,12-13,15-17H2,(H,37,38). The van der Waals surface area contributed by atoms with Gasteiger partial charge in [0, 0.05) is 24.5 Å². The fourth-order valence-electron chi connectivity index (χ4n) is 5.00. The summed E-state index contributed by atoms with van der Waals surface area (Å²) in [5, 5.41) is 9.78. The van der Waals surface area contributed by atoms with Crippen LogP contribution in [0, 0.1) is 0 Å². The maximum absolute atomic E-state index is 13.8. The molecule has 2 aromatic rings. The van der Waals surface area contributed by atoms with Gasteiger partial charge in [0.2, 0.25) is 0 Å². The van der Waals surface area contributed by atoms with Crippen LogP contribution in [0.4, 0.5) is 32.0 Å². The monoisotopic (exact) mass is 643 g/mol. The molecule has 15 heteroatoms. The highest BCUT2D eigenvalue weighted by Crippen LogP contribution is 2.35. The predicted molar refractivity (Wildman–Crippen MR) is 153 cm³/mol. The Morgan fingerprint density at radius 1 is 1.00 bits per heavy atom. The lowest BCUT2D eigenvalue weighted by Crippen LogP contribution is -2.49. The summed E-state index contributed by atoms with van der Waals surface area (Å²) in [5.41, 5.74) is -3.95. The van der Waals surface area contributed by atoms with Gasteiger partial charge in [-0.1, -0.05) is 42.1 Å². The number of benzene rings is 2. The van der Waals surface area contributed by atoms with Crippen LogP contribution in [0.25, 0.3) is 0 Å². The van der Waals surface area contributed by atoms with E-state index >= 15 is 0 Å². The average molecular weight is 644 g/mol. The maximum Gasteiger partial charge on any atom is 0.501 e. The van der Waals surface area contributed by atoms with Crippen LogP contribution in [-0.4, -0.2) is 55.5 Å². The molecule has 7 nitrogen and oxygen atoms in total. The number of nitrogens with zero attached hydrogens (tertiary/aromatic N) is 2. The fraction of sp³-hybridized carbons (Fsp3) is 0.321. The van der Waals surface area contributed by atoms with E-state index in [0.29, 0.717) is 41.8 Å². The van der Waals surface area contributed by atoms with Crippen molar-refractivity contribution in [3.05, 3.63) is 95.5 Å². The molecule has 2 unspecified atom stereocenters. The number of rotatable bonds is 6. The molecular weight excluding hydrogens is 616 g/mol. The van der Waals surface area contributed by atoms with Crippen LogP contribution in [0.15, 0.2) is 99.8 Å². The van der Waals surface area contributed by atoms with Crippen LogP contribution in [-0.2, 0) is 15.6 Å². The van der Waals surface area contributed by atoms with Crippen molar-refractivity contribution >= 4 is 32.5 Å². The van der Waals surface area contributed by atoms with Crippen LogP contribution in [0.2, 0.25) is 0 Å². The Labute approximate surface area is 248 Å². The molecule has 2 aromatic carbocycles. The number of hydrogen-bond donors (Lipinski definition) is 3. The molecule has 43 heavy (non-hydrogen) atoms. The number of sulfone groups is 1. The molecule has 0 radical (unpaired) electrons. The third-order valence-corrected chi connectivity index (χ3v) is 9.62. The summed E-state index contributed by atoms with van der Waals surface area (Å²) < 4.78 is 104. The zero-order valence-electron chi connectivity index (χ0n) is 22.4. The number of hydrogen-bond acceptors (Lipinski definition) is 8. The summed E-state index contributed by atoms with van der Waals surface area (Å²) >= 11 is 1.44. The van der Waals surface area contributed by atoms with Crippen LogP contribution < -0.4 is 16.0 Å². The Bertz CT molecular complexity index is 1550. The molecule has 0 aromatic heterocycles. The number of aliphatic imine (C=N–C) groups is 1. The Morgan fingerprint density at radius 3 is 2.40 bits per heavy atom. The number of fused-ring (bicyclic) bond motifs is 1. The smallest absolute Gasteiger partial charge is 0.372 e. The van der Waals surface area contributed by atoms with E-state index in [1.54, 1.807) is 4.90 Å². The lowest BCUT2D eigenvalue weighted by molar-refractivity contribution is -0.103. The molecule has 1 saturated heterocycles. The summed E-state index contributed by atoms with van der Waals surface area (Å²) in [6.07, 6.45) is -0.941. The minimum Gasteiger partial charge on any atom is -0.372 e. The van der Waals surface area contributed by atoms with Crippen molar-refractivity contribution in [1.82, 2.24) is 15.5 Å². The third-order valence-electron chi connectivity index (χ3n) is 7.16. The molecule has 5 rings (SSSR count). The van der Waals surface area contributed by atoms with E-state index in [2.05, 4.69) is 16.0 Å². The fourth-order valence-corrected chi connectivity index (χ4v) is 6.63. The van der Waals surface area contributed by atoms with Crippen molar-refractivity contribution in [2.75, 3.05) is 18.4 Å². The number of likely N-dealkylation sites (tertiary alicyclic amines) is 1. The topological polar surface area (TPSA) is 85.8 Å². The van der Waals surface area contributed by atoms with Crippen molar-refractivity contribution in [3.8, 4) is 0 Å². The first-order valence-corrected chi connectivity index (χ1v) is 15.7. The summed E-state index contributed by atoms with van der Waals surface area (Å²) in [5.74, 6) is 1.10. The van der Waals surface area contributed by atoms with Gasteiger partial charge < -0.3 is 16.0 Å². The second-order valence-electron chi connectivity index (χ2n) is 9.97. The first-order chi connectivity index (χ1) is 20.3. The maximum atomic E-state index is 13.8. The van der Waals surface area contributed by atoms with Crippen molar-refractivity contribution in [2.24, 2.45) is 4.99 Å². The molecule has 0 bridgehead atoms. The van der Waals surface area contributed by atoms with Crippen molar-refractivity contribution in [1.29, 1.82) is 0 Å². The van der Waals surface area contributed by atoms with Gasteiger partial charge in [-0.2, -0.15) is 26.3 Å². The summed E-state index contributed by atoms with van der Waals surface area (Å²) in [4.78, 5) is 5.69. The zero-order valence-corrected chi connectivity index (χ0v) is 24.0. The molecule has 0 spiro atoms. The molecule has 0 amide bonds. The SMILES string of the molecule is O=S(=O)(c1ccc(NC2=C3CCN(C4NC=CC=C4C(F)(F)F)CCC3N=C(SCc3ccccc3)N2)cc1)C(F)(F)F. The second kappa shape index (κ2) is 12.3. The minimum atomic E-state index is -5.50. The van der Waals surface area contributed by atoms with Gasteiger partial charge in [0.05, 0.1) is 16.5 Å². The average Bonchev–Trinajstić information content (AvgIpc) is 3.19. The van der Waals surface area contributed by atoms with E-state index in [0.717, 1.165) is 29.3 Å². The number of halogens is 6. The van der Waals surface area contributed by atoms with Gasteiger partial charge in [-0.25, -0.2) is 8.42 Å². The molecule has 3 aliphatic rings. The summed E-state index contributed by atoms with van der Waals surface area (Å²) in [6.45, 7) is 0.604. The van der Waals surface area contributed by atoms with Gasteiger partial charge in [-0.3, -0.25) is 9.89 Å². The number of dihydropyridines is 1. The van der Waals surface area contributed by atoms with E-state index in [1.807, 2.05) is 30.3 Å². The van der Waals surface area contributed by atoms with Gasteiger partial charge >= 0.3 is 11.7 Å². The zero-order chi connectivity index (χ0) is 30.8.